The molecule has 1 aromatic carbocycles. The SMILES string of the molecule is CC(C)(NC(=O)c1cc2cc(N)ccc2s1)c1nccs1. The molecule has 0 bridgehead atoms. The van der Waals surface area contributed by atoms with Crippen molar-refractivity contribution >= 4 is 44.4 Å². The third-order valence-electron chi connectivity index (χ3n) is 3.16. The van der Waals surface area contributed by atoms with E-state index in [9.17, 15) is 4.79 Å². The van der Waals surface area contributed by atoms with Crippen LogP contribution in [-0.2, 0) is 5.54 Å². The molecule has 108 valence electrons. The lowest BCUT2D eigenvalue weighted by atomic mass is 10.1. The summed E-state index contributed by atoms with van der Waals surface area (Å²) in [6.45, 7) is 3.91. The number of rotatable bonds is 3. The van der Waals surface area contributed by atoms with Crippen LogP contribution in [0.15, 0.2) is 35.8 Å². The second-order valence-electron chi connectivity index (χ2n) is 5.32. The molecular weight excluding hydrogens is 302 g/mol. The van der Waals surface area contributed by atoms with Gasteiger partial charge in [0.15, 0.2) is 0 Å². The number of nitrogens with two attached hydrogens (primary N) is 1. The van der Waals surface area contributed by atoms with Crippen molar-refractivity contribution in [1.82, 2.24) is 10.3 Å². The highest BCUT2D eigenvalue weighted by Gasteiger charge is 2.26. The maximum absolute atomic E-state index is 12.5. The van der Waals surface area contributed by atoms with E-state index in [1.165, 1.54) is 22.7 Å². The average Bonchev–Trinajstić information content (AvgIpc) is 3.07. The minimum Gasteiger partial charge on any atom is -0.399 e. The van der Waals surface area contributed by atoms with Gasteiger partial charge in [0.2, 0.25) is 0 Å². The molecule has 0 unspecified atom stereocenters. The Morgan fingerprint density at radius 2 is 2.14 bits per heavy atom. The molecular formula is C15H15N3OS2. The number of nitrogen functional groups attached to an aromatic ring is 1. The van der Waals surface area contributed by atoms with Gasteiger partial charge >= 0.3 is 0 Å². The summed E-state index contributed by atoms with van der Waals surface area (Å²) in [5, 5.41) is 6.83. The predicted octanol–water partition coefficient (Wildman–Crippen LogP) is 3.61. The monoisotopic (exact) mass is 317 g/mol. The van der Waals surface area contributed by atoms with Crippen molar-refractivity contribution < 1.29 is 4.79 Å². The lowest BCUT2D eigenvalue weighted by Gasteiger charge is -2.23. The van der Waals surface area contributed by atoms with Gasteiger partial charge in [-0.2, -0.15) is 0 Å². The number of nitrogens with one attached hydrogen (secondary N) is 1. The van der Waals surface area contributed by atoms with Gasteiger partial charge in [-0.3, -0.25) is 4.79 Å². The first-order chi connectivity index (χ1) is 9.95. The summed E-state index contributed by atoms with van der Waals surface area (Å²) in [7, 11) is 0. The number of aromatic nitrogens is 1. The van der Waals surface area contributed by atoms with E-state index in [-0.39, 0.29) is 5.91 Å². The van der Waals surface area contributed by atoms with E-state index in [2.05, 4.69) is 10.3 Å². The van der Waals surface area contributed by atoms with E-state index in [1.807, 2.05) is 43.5 Å². The van der Waals surface area contributed by atoms with Gasteiger partial charge in [0.1, 0.15) is 5.01 Å². The fraction of sp³-hybridized carbons (Fsp3) is 0.200. The highest BCUT2D eigenvalue weighted by molar-refractivity contribution is 7.20. The first-order valence-electron chi connectivity index (χ1n) is 6.47. The summed E-state index contributed by atoms with van der Waals surface area (Å²) in [5.41, 5.74) is 5.99. The maximum Gasteiger partial charge on any atom is 0.262 e. The Balaban J connectivity index is 1.87. The number of fused-ring (bicyclic) bond motifs is 1. The molecule has 0 radical (unpaired) electrons. The van der Waals surface area contributed by atoms with Crippen LogP contribution in [-0.4, -0.2) is 10.9 Å². The molecule has 0 saturated heterocycles. The lowest BCUT2D eigenvalue weighted by molar-refractivity contribution is 0.0916. The topological polar surface area (TPSA) is 68.0 Å². The largest absolute Gasteiger partial charge is 0.399 e. The van der Waals surface area contributed by atoms with E-state index in [0.717, 1.165) is 15.1 Å². The van der Waals surface area contributed by atoms with E-state index < -0.39 is 5.54 Å². The molecule has 0 atom stereocenters. The molecule has 4 nitrogen and oxygen atoms in total. The van der Waals surface area contributed by atoms with Gasteiger partial charge in [0.05, 0.1) is 10.4 Å². The van der Waals surface area contributed by atoms with Crippen molar-refractivity contribution in [3.63, 3.8) is 0 Å². The molecule has 0 spiro atoms. The zero-order valence-corrected chi connectivity index (χ0v) is 13.3. The third kappa shape index (κ3) is 2.77. The summed E-state index contributed by atoms with van der Waals surface area (Å²) < 4.78 is 1.06. The number of thiophene rings is 1. The van der Waals surface area contributed by atoms with E-state index >= 15 is 0 Å². The van der Waals surface area contributed by atoms with Crippen LogP contribution in [0.25, 0.3) is 10.1 Å². The molecule has 0 fully saturated rings. The molecule has 3 N–H and O–H groups in total. The van der Waals surface area contributed by atoms with Crippen LogP contribution in [0.4, 0.5) is 5.69 Å². The summed E-state index contributed by atoms with van der Waals surface area (Å²) in [6.07, 6.45) is 1.75. The zero-order valence-electron chi connectivity index (χ0n) is 11.7. The third-order valence-corrected chi connectivity index (χ3v) is 5.37. The fourth-order valence-electron chi connectivity index (χ4n) is 2.10. The number of nitrogens with zero attached hydrogens (tertiary/aromatic N) is 1. The number of thiazole rings is 1. The Kier molecular flexibility index (Phi) is 3.43. The summed E-state index contributed by atoms with van der Waals surface area (Å²) >= 11 is 3.00. The van der Waals surface area contributed by atoms with E-state index in [1.54, 1.807) is 6.20 Å². The second kappa shape index (κ2) is 5.13. The molecule has 1 amide bonds. The van der Waals surface area contributed by atoms with Crippen molar-refractivity contribution in [3.8, 4) is 0 Å². The van der Waals surface area contributed by atoms with Crippen LogP contribution >= 0.6 is 22.7 Å². The molecule has 0 saturated carbocycles. The second-order valence-corrected chi connectivity index (χ2v) is 7.30. The van der Waals surface area contributed by atoms with Crippen molar-refractivity contribution in [3.05, 3.63) is 45.7 Å². The molecule has 0 aliphatic rings. The van der Waals surface area contributed by atoms with Gasteiger partial charge in [-0.15, -0.1) is 22.7 Å². The van der Waals surface area contributed by atoms with Gasteiger partial charge in [0.25, 0.3) is 5.91 Å². The molecule has 2 aromatic heterocycles. The number of hydrogen-bond donors (Lipinski definition) is 2. The van der Waals surface area contributed by atoms with Gasteiger partial charge in [-0.1, -0.05) is 0 Å². The van der Waals surface area contributed by atoms with Crippen molar-refractivity contribution in [2.75, 3.05) is 5.73 Å². The molecule has 0 aliphatic carbocycles. The van der Waals surface area contributed by atoms with Crippen LogP contribution in [0.1, 0.15) is 28.5 Å². The van der Waals surface area contributed by atoms with Crippen LogP contribution in [0.3, 0.4) is 0 Å². The van der Waals surface area contributed by atoms with E-state index in [0.29, 0.717) is 10.6 Å². The Bertz CT molecular complexity index is 790. The highest BCUT2D eigenvalue weighted by atomic mass is 32.1. The van der Waals surface area contributed by atoms with Crippen molar-refractivity contribution in [2.24, 2.45) is 0 Å². The molecule has 0 aliphatic heterocycles. The van der Waals surface area contributed by atoms with E-state index in [4.69, 9.17) is 5.73 Å². The quantitative estimate of drug-likeness (QED) is 0.725. The number of anilines is 1. The smallest absolute Gasteiger partial charge is 0.262 e. The highest BCUT2D eigenvalue weighted by Crippen LogP contribution is 2.29. The summed E-state index contributed by atoms with van der Waals surface area (Å²) in [4.78, 5) is 17.4. The fourth-order valence-corrected chi connectivity index (χ4v) is 3.76. The minimum atomic E-state index is -0.486. The summed E-state index contributed by atoms with van der Waals surface area (Å²) in [6, 6.07) is 7.55. The minimum absolute atomic E-state index is 0.0880. The van der Waals surface area contributed by atoms with Crippen LogP contribution in [0, 0.1) is 0 Å². The van der Waals surface area contributed by atoms with Gasteiger partial charge in [-0.25, -0.2) is 4.98 Å². The summed E-state index contributed by atoms with van der Waals surface area (Å²) in [5.74, 6) is -0.0880. The van der Waals surface area contributed by atoms with Crippen LogP contribution in [0.5, 0.6) is 0 Å². The number of hydrogen-bond acceptors (Lipinski definition) is 5. The van der Waals surface area contributed by atoms with Crippen molar-refractivity contribution in [1.29, 1.82) is 0 Å². The van der Waals surface area contributed by atoms with Gasteiger partial charge < -0.3 is 11.1 Å². The predicted molar refractivity (Wildman–Crippen MR) is 88.8 cm³/mol. The zero-order chi connectivity index (χ0) is 15.0. The Hall–Kier alpha value is -1.92. The average molecular weight is 317 g/mol. The Labute approximate surface area is 130 Å². The number of amides is 1. The standard InChI is InChI=1S/C15H15N3OS2/c1-15(2,14-17-5-6-20-14)18-13(19)12-8-9-7-10(16)3-4-11(9)21-12/h3-8H,16H2,1-2H3,(H,18,19). The molecule has 21 heavy (non-hydrogen) atoms. The molecule has 6 heteroatoms. The molecule has 3 aromatic rings. The van der Waals surface area contributed by atoms with Crippen LogP contribution < -0.4 is 11.1 Å². The first-order valence-corrected chi connectivity index (χ1v) is 8.17. The Morgan fingerprint density at radius 3 is 2.86 bits per heavy atom. The molecule has 2 heterocycles. The normalized spacial score (nSPS) is 11.7. The van der Waals surface area contributed by atoms with Gasteiger partial charge in [-0.05, 0) is 43.5 Å². The Morgan fingerprint density at radius 1 is 1.33 bits per heavy atom. The first kappa shape index (κ1) is 14.0. The lowest BCUT2D eigenvalue weighted by Crippen LogP contribution is -2.40. The molecule has 3 rings (SSSR count). The number of carbonyl (C=O) groups is 1. The van der Waals surface area contributed by atoms with Crippen LogP contribution in [0.2, 0.25) is 0 Å². The maximum atomic E-state index is 12.5. The van der Waals surface area contributed by atoms with Crippen molar-refractivity contribution in [2.45, 2.75) is 19.4 Å². The number of carbonyl (C=O) groups excluding carboxylic acids is 1. The number of benzene rings is 1. The van der Waals surface area contributed by atoms with Gasteiger partial charge in [0, 0.05) is 22.0 Å².